The lowest BCUT2D eigenvalue weighted by Crippen LogP contribution is -2.18. The smallest absolute Gasteiger partial charge is 0.150 e. The highest BCUT2D eigenvalue weighted by molar-refractivity contribution is 6.30. The van der Waals surface area contributed by atoms with Gasteiger partial charge in [-0.25, -0.2) is 4.39 Å². The number of benzene rings is 2. The minimum Gasteiger partial charge on any atom is -0.457 e. The molecule has 0 aliphatic heterocycles. The van der Waals surface area contributed by atoms with Crippen LogP contribution >= 0.6 is 11.6 Å². The summed E-state index contributed by atoms with van der Waals surface area (Å²) in [4.78, 5) is 0. The Hall–Kier alpha value is -2.37. The van der Waals surface area contributed by atoms with Gasteiger partial charge in [-0.15, -0.1) is 0 Å². The minimum atomic E-state index is -0.317. The highest BCUT2D eigenvalue weighted by Gasteiger charge is 2.14. The third-order valence-corrected chi connectivity index (χ3v) is 3.99. The van der Waals surface area contributed by atoms with Crippen LogP contribution in [0.2, 0.25) is 5.02 Å². The monoisotopic (exact) mass is 360 g/mol. The maximum Gasteiger partial charge on any atom is 0.150 e. The first-order chi connectivity index (χ1) is 12.0. The van der Waals surface area contributed by atoms with Crippen molar-refractivity contribution in [1.29, 1.82) is 0 Å². The zero-order chi connectivity index (χ0) is 17.8. The van der Waals surface area contributed by atoms with Crippen molar-refractivity contribution in [2.75, 3.05) is 0 Å². The largest absolute Gasteiger partial charge is 0.457 e. The maximum atomic E-state index is 13.7. The second-order valence-corrected chi connectivity index (χ2v) is 6.21. The molecule has 0 saturated heterocycles. The molecule has 0 aliphatic carbocycles. The highest BCUT2D eigenvalue weighted by atomic mass is 35.5. The van der Waals surface area contributed by atoms with Crippen LogP contribution in [0.5, 0.6) is 11.5 Å². The predicted molar refractivity (Wildman–Crippen MR) is 94.4 cm³/mol. The normalized spacial score (nSPS) is 12.2. The van der Waals surface area contributed by atoms with Crippen LogP contribution in [0.15, 0.2) is 53.1 Å². The van der Waals surface area contributed by atoms with Gasteiger partial charge in [0.25, 0.3) is 0 Å². The lowest BCUT2D eigenvalue weighted by atomic mass is 10.1. The molecule has 0 aliphatic rings. The van der Waals surface area contributed by atoms with Crippen LogP contribution in [0.3, 0.4) is 0 Å². The van der Waals surface area contributed by atoms with E-state index in [0.29, 0.717) is 28.6 Å². The second kappa shape index (κ2) is 7.68. The minimum absolute atomic E-state index is 0.150. The zero-order valence-electron chi connectivity index (χ0n) is 13.9. The van der Waals surface area contributed by atoms with Crippen LogP contribution in [0.25, 0.3) is 0 Å². The first-order valence-electron chi connectivity index (χ1n) is 7.90. The van der Waals surface area contributed by atoms with E-state index in [2.05, 4.69) is 10.5 Å². The van der Waals surface area contributed by atoms with Crippen LogP contribution < -0.4 is 10.1 Å². The molecule has 2 aromatic carbocycles. The summed E-state index contributed by atoms with van der Waals surface area (Å²) < 4.78 is 24.8. The summed E-state index contributed by atoms with van der Waals surface area (Å²) in [6.07, 6.45) is 0. The Morgan fingerprint density at radius 3 is 2.64 bits per heavy atom. The number of hydrogen-bond acceptors (Lipinski definition) is 4. The predicted octanol–water partition coefficient (Wildman–Crippen LogP) is 5.42. The molecule has 0 spiro atoms. The van der Waals surface area contributed by atoms with Gasteiger partial charge in [-0.1, -0.05) is 16.8 Å². The van der Waals surface area contributed by atoms with Crippen molar-refractivity contribution in [3.8, 4) is 11.5 Å². The Labute approximate surface area is 150 Å². The van der Waals surface area contributed by atoms with Crippen molar-refractivity contribution in [2.24, 2.45) is 0 Å². The van der Waals surface area contributed by atoms with Gasteiger partial charge in [0.1, 0.15) is 17.3 Å². The van der Waals surface area contributed by atoms with Crippen LogP contribution in [0, 0.1) is 12.7 Å². The van der Waals surface area contributed by atoms with Gasteiger partial charge >= 0.3 is 0 Å². The Bertz CT molecular complexity index is 849. The molecule has 0 bridgehead atoms. The molecule has 1 heterocycles. The third-order valence-electron chi connectivity index (χ3n) is 3.74. The molecule has 1 unspecified atom stereocenters. The fourth-order valence-corrected chi connectivity index (χ4v) is 2.57. The van der Waals surface area contributed by atoms with E-state index < -0.39 is 0 Å². The maximum absolute atomic E-state index is 13.7. The first kappa shape index (κ1) is 17.5. The van der Waals surface area contributed by atoms with Gasteiger partial charge < -0.3 is 14.6 Å². The lowest BCUT2D eigenvalue weighted by molar-refractivity contribution is 0.361. The molecule has 0 radical (unpaired) electrons. The Morgan fingerprint density at radius 1 is 1.20 bits per heavy atom. The average molecular weight is 361 g/mol. The molecule has 0 amide bonds. The number of aromatic nitrogens is 1. The van der Waals surface area contributed by atoms with E-state index in [9.17, 15) is 4.39 Å². The molecule has 0 fully saturated rings. The number of nitrogens with zero attached hydrogens (tertiary/aromatic N) is 1. The number of aryl methyl sites for hydroxylation is 1. The van der Waals surface area contributed by atoms with E-state index in [1.807, 2.05) is 19.9 Å². The van der Waals surface area contributed by atoms with Gasteiger partial charge in [0.15, 0.2) is 5.76 Å². The number of hydrogen-bond donors (Lipinski definition) is 1. The molecule has 1 atom stereocenters. The summed E-state index contributed by atoms with van der Waals surface area (Å²) in [6, 6.07) is 13.2. The molecule has 130 valence electrons. The Balaban J connectivity index is 1.76. The van der Waals surface area contributed by atoms with Crippen molar-refractivity contribution >= 4 is 11.6 Å². The number of nitrogens with one attached hydrogen (secondary N) is 1. The number of halogens is 2. The van der Waals surface area contributed by atoms with Crippen LogP contribution in [0.1, 0.15) is 30.0 Å². The molecule has 0 saturated carbocycles. The molecule has 6 heteroatoms. The first-order valence-corrected chi connectivity index (χ1v) is 8.27. The van der Waals surface area contributed by atoms with Gasteiger partial charge in [-0.05, 0) is 56.3 Å². The summed E-state index contributed by atoms with van der Waals surface area (Å²) in [6.45, 7) is 4.28. The summed E-state index contributed by atoms with van der Waals surface area (Å²) in [7, 11) is 0. The molecule has 1 aromatic heterocycles. The van der Waals surface area contributed by atoms with Gasteiger partial charge in [0.05, 0.1) is 12.2 Å². The van der Waals surface area contributed by atoms with E-state index in [-0.39, 0.29) is 11.9 Å². The van der Waals surface area contributed by atoms with Crippen LogP contribution in [-0.2, 0) is 6.54 Å². The SMILES string of the molecule is Cc1cc(CNC(C)c2cc(F)ccc2Oc2ccc(Cl)cc2)on1. The van der Waals surface area contributed by atoms with Gasteiger partial charge in [-0.3, -0.25) is 0 Å². The molecule has 3 rings (SSSR count). The van der Waals surface area contributed by atoms with Crippen LogP contribution in [-0.4, -0.2) is 5.16 Å². The lowest BCUT2D eigenvalue weighted by Gasteiger charge is -2.18. The summed E-state index contributed by atoms with van der Waals surface area (Å²) in [5, 5.41) is 7.77. The standard InChI is InChI=1S/C19H18ClFN2O2/c1-12-9-17(25-23-12)11-22-13(2)18-10-15(21)5-8-19(18)24-16-6-3-14(20)4-7-16/h3-10,13,22H,11H2,1-2H3. The van der Waals surface area contributed by atoms with Gasteiger partial charge in [0, 0.05) is 22.7 Å². The summed E-state index contributed by atoms with van der Waals surface area (Å²) in [5.74, 6) is 1.62. The summed E-state index contributed by atoms with van der Waals surface area (Å²) >= 11 is 5.89. The quantitative estimate of drug-likeness (QED) is 0.637. The topological polar surface area (TPSA) is 47.3 Å². The van der Waals surface area contributed by atoms with E-state index in [1.165, 1.54) is 12.1 Å². The van der Waals surface area contributed by atoms with Gasteiger partial charge in [0.2, 0.25) is 0 Å². The van der Waals surface area contributed by atoms with Crippen molar-refractivity contribution in [1.82, 2.24) is 10.5 Å². The van der Waals surface area contributed by atoms with Crippen molar-refractivity contribution < 1.29 is 13.7 Å². The van der Waals surface area contributed by atoms with Crippen LogP contribution in [0.4, 0.5) is 4.39 Å². The fourth-order valence-electron chi connectivity index (χ4n) is 2.44. The zero-order valence-corrected chi connectivity index (χ0v) is 14.7. The molecular weight excluding hydrogens is 343 g/mol. The second-order valence-electron chi connectivity index (χ2n) is 5.78. The molecule has 4 nitrogen and oxygen atoms in total. The van der Waals surface area contributed by atoms with Crippen molar-refractivity contribution in [3.63, 3.8) is 0 Å². The van der Waals surface area contributed by atoms with E-state index in [0.717, 1.165) is 11.5 Å². The number of rotatable bonds is 6. The molecule has 25 heavy (non-hydrogen) atoms. The number of ether oxygens (including phenoxy) is 1. The van der Waals surface area contributed by atoms with Gasteiger partial charge in [-0.2, -0.15) is 0 Å². The molecular formula is C19H18ClFN2O2. The molecule has 1 N–H and O–H groups in total. The average Bonchev–Trinajstić information content (AvgIpc) is 3.01. The van der Waals surface area contributed by atoms with E-state index >= 15 is 0 Å². The fraction of sp³-hybridized carbons (Fsp3) is 0.211. The van der Waals surface area contributed by atoms with Crippen molar-refractivity contribution in [2.45, 2.75) is 26.4 Å². The summed E-state index contributed by atoms with van der Waals surface area (Å²) in [5.41, 5.74) is 1.54. The van der Waals surface area contributed by atoms with E-state index in [4.69, 9.17) is 20.9 Å². The molecule has 3 aromatic rings. The Kier molecular flexibility index (Phi) is 5.36. The Morgan fingerprint density at radius 2 is 1.96 bits per heavy atom. The van der Waals surface area contributed by atoms with E-state index in [1.54, 1.807) is 30.3 Å². The van der Waals surface area contributed by atoms with Crippen molar-refractivity contribution in [3.05, 3.63) is 76.4 Å². The highest BCUT2D eigenvalue weighted by Crippen LogP contribution is 2.31. The third kappa shape index (κ3) is 4.59.